The summed E-state index contributed by atoms with van der Waals surface area (Å²) in [7, 11) is -4.64. The molecule has 14 heavy (non-hydrogen) atoms. The highest BCUT2D eigenvalue weighted by Gasteiger charge is 2.41. The van der Waals surface area contributed by atoms with E-state index in [4.69, 9.17) is 39.7 Å². The van der Waals surface area contributed by atoms with E-state index in [-0.39, 0.29) is 6.42 Å². The lowest BCUT2D eigenvalue weighted by Crippen LogP contribution is -2.51. The molecule has 1 unspecified atom stereocenters. The van der Waals surface area contributed by atoms with Gasteiger partial charge in [-0.1, -0.05) is 6.92 Å². The van der Waals surface area contributed by atoms with Crippen molar-refractivity contribution in [1.29, 1.82) is 0 Å². The first kappa shape index (κ1) is 16.4. The second-order valence-electron chi connectivity index (χ2n) is 2.78. The first-order valence-corrected chi connectivity index (χ1v) is 5.05. The van der Waals surface area contributed by atoms with Crippen molar-refractivity contribution < 1.29 is 39.7 Å². The highest BCUT2D eigenvalue weighted by atomic mass is 31.2. The molecule has 0 bridgehead atoms. The highest BCUT2D eigenvalue weighted by Crippen LogP contribution is 2.25. The predicted molar refractivity (Wildman–Crippen MR) is 44.6 cm³/mol. The van der Waals surface area contributed by atoms with Crippen LogP contribution in [0.2, 0.25) is 0 Å². The van der Waals surface area contributed by atoms with E-state index in [1.165, 1.54) is 6.92 Å². The van der Waals surface area contributed by atoms with Gasteiger partial charge in [0.25, 0.3) is 0 Å². The quantitative estimate of drug-likeness (QED) is 0.210. The van der Waals surface area contributed by atoms with Crippen LogP contribution in [-0.2, 0) is 4.57 Å². The third kappa shape index (κ3) is 10.0. The molecule has 0 spiro atoms. The molecule has 1 atom stereocenters. The molecule has 0 aliphatic heterocycles. The van der Waals surface area contributed by atoms with E-state index in [9.17, 15) is 0 Å². The van der Waals surface area contributed by atoms with Crippen LogP contribution in [0.15, 0.2) is 0 Å². The molecule has 0 saturated heterocycles. The van der Waals surface area contributed by atoms with Crippen molar-refractivity contribution in [2.45, 2.75) is 31.8 Å². The Labute approximate surface area is 80.3 Å². The maximum atomic E-state index is 8.91. The Morgan fingerprint density at radius 3 is 1.29 bits per heavy atom. The molecule has 0 aromatic rings. The van der Waals surface area contributed by atoms with Crippen LogP contribution in [0.1, 0.15) is 20.3 Å². The monoisotopic (exact) mass is 234 g/mol. The zero-order valence-electron chi connectivity index (χ0n) is 7.69. The van der Waals surface area contributed by atoms with Gasteiger partial charge in [0.15, 0.2) is 0 Å². The molecule has 0 aromatic carbocycles. The molecule has 0 heterocycles. The van der Waals surface area contributed by atoms with Crippen LogP contribution in [0, 0.1) is 0 Å². The van der Waals surface area contributed by atoms with Crippen LogP contribution in [0.25, 0.3) is 0 Å². The topological polar surface area (TPSA) is 159 Å². The van der Waals surface area contributed by atoms with E-state index in [1.807, 2.05) is 0 Å². The summed E-state index contributed by atoms with van der Waals surface area (Å²) < 4.78 is 8.88. The maximum absolute atomic E-state index is 8.91. The molecule has 0 fully saturated rings. The Bertz CT molecular complexity index is 192. The molecule has 0 radical (unpaired) electrons. The van der Waals surface area contributed by atoms with Gasteiger partial charge in [0.05, 0.1) is 0 Å². The summed E-state index contributed by atoms with van der Waals surface area (Å²) in [4.78, 5) is 21.6. The normalized spacial score (nSPS) is 16.6. The minimum atomic E-state index is -4.64. The average Bonchev–Trinajstić information content (AvgIpc) is 1.81. The fourth-order valence-corrected chi connectivity index (χ4v) is 0.237. The van der Waals surface area contributed by atoms with Gasteiger partial charge in [-0.25, -0.2) is 4.57 Å². The lowest BCUT2D eigenvalue weighted by Gasteiger charge is -2.30. The van der Waals surface area contributed by atoms with Crippen molar-refractivity contribution >= 4 is 7.82 Å². The van der Waals surface area contributed by atoms with Gasteiger partial charge in [0.1, 0.15) is 5.60 Å². The van der Waals surface area contributed by atoms with Crippen LogP contribution in [-0.4, -0.2) is 46.7 Å². The van der Waals surface area contributed by atoms with Crippen LogP contribution in [0.3, 0.4) is 0 Å². The van der Waals surface area contributed by atoms with E-state index in [0.717, 1.165) is 6.92 Å². The molecule has 9 heteroatoms. The zero-order chi connectivity index (χ0) is 12.2. The summed E-state index contributed by atoms with van der Waals surface area (Å²) in [5, 5.41) is 34.1. The summed E-state index contributed by atoms with van der Waals surface area (Å²) in [6.45, 7) is 2.66. The molecule has 0 rings (SSSR count). The van der Waals surface area contributed by atoms with E-state index in [2.05, 4.69) is 0 Å². The number of rotatable bonds is 2. The SMILES string of the molecule is CCC(C)(O)C(O)(O)O.O=P(O)(O)O. The maximum Gasteiger partial charge on any atom is 0.466 e. The Morgan fingerprint density at radius 1 is 1.07 bits per heavy atom. The second-order valence-corrected chi connectivity index (χ2v) is 3.80. The minimum Gasteiger partial charge on any atom is -0.382 e. The second kappa shape index (κ2) is 5.15. The molecule has 0 aromatic heterocycles. The van der Waals surface area contributed by atoms with Crippen LogP contribution in [0.5, 0.6) is 0 Å². The van der Waals surface area contributed by atoms with Crippen molar-refractivity contribution in [1.82, 2.24) is 0 Å². The molecular formula is C5H15O8P. The number of hydrogen-bond donors (Lipinski definition) is 7. The minimum absolute atomic E-state index is 0.0660. The van der Waals surface area contributed by atoms with E-state index in [0.29, 0.717) is 0 Å². The fourth-order valence-electron chi connectivity index (χ4n) is 0.237. The Morgan fingerprint density at radius 2 is 1.29 bits per heavy atom. The summed E-state index contributed by atoms with van der Waals surface area (Å²) in [5.41, 5.74) is -1.85. The van der Waals surface area contributed by atoms with E-state index in [1.54, 1.807) is 0 Å². The molecule has 88 valence electrons. The first-order chi connectivity index (χ1) is 5.81. The van der Waals surface area contributed by atoms with Gasteiger partial charge in [-0.3, -0.25) is 0 Å². The summed E-state index contributed by atoms with van der Waals surface area (Å²) in [6, 6.07) is 0. The van der Waals surface area contributed by atoms with E-state index < -0.39 is 19.4 Å². The molecule has 0 amide bonds. The molecule has 7 N–H and O–H groups in total. The first-order valence-electron chi connectivity index (χ1n) is 3.49. The third-order valence-corrected chi connectivity index (χ3v) is 1.41. The zero-order valence-corrected chi connectivity index (χ0v) is 8.59. The van der Waals surface area contributed by atoms with Crippen molar-refractivity contribution in [2.75, 3.05) is 0 Å². The Hall–Kier alpha value is -0.0500. The lowest BCUT2D eigenvalue weighted by atomic mass is 10.0. The van der Waals surface area contributed by atoms with Crippen molar-refractivity contribution in [3.8, 4) is 0 Å². The summed E-state index contributed by atoms with van der Waals surface area (Å²) in [6.07, 6.45) is 0.0660. The molecular weight excluding hydrogens is 219 g/mol. The lowest BCUT2D eigenvalue weighted by molar-refractivity contribution is -0.387. The standard InChI is InChI=1S/C5H12O4.H3O4P/c1-3-4(2,6)5(7,8)9;1-5(2,3)4/h6-9H,3H2,1-2H3;(H3,1,2,3,4). The molecule has 0 saturated carbocycles. The van der Waals surface area contributed by atoms with Gasteiger partial charge in [-0.2, -0.15) is 0 Å². The van der Waals surface area contributed by atoms with Crippen molar-refractivity contribution in [3.05, 3.63) is 0 Å². The van der Waals surface area contributed by atoms with E-state index >= 15 is 0 Å². The van der Waals surface area contributed by atoms with Gasteiger partial charge >= 0.3 is 13.8 Å². The summed E-state index contributed by atoms with van der Waals surface area (Å²) in [5.74, 6) is -3.00. The van der Waals surface area contributed by atoms with Crippen LogP contribution in [0.4, 0.5) is 0 Å². The van der Waals surface area contributed by atoms with Gasteiger partial charge in [-0.05, 0) is 13.3 Å². The summed E-state index contributed by atoms with van der Waals surface area (Å²) >= 11 is 0. The third-order valence-electron chi connectivity index (χ3n) is 1.41. The Kier molecular flexibility index (Phi) is 6.03. The van der Waals surface area contributed by atoms with Gasteiger partial charge < -0.3 is 35.1 Å². The van der Waals surface area contributed by atoms with Crippen molar-refractivity contribution in [3.63, 3.8) is 0 Å². The molecule has 0 aliphatic rings. The predicted octanol–water partition coefficient (Wildman–Crippen LogP) is -2.15. The number of hydrogen-bond acceptors (Lipinski definition) is 5. The fraction of sp³-hybridized carbons (Fsp3) is 1.00. The van der Waals surface area contributed by atoms with Gasteiger partial charge in [-0.15, -0.1) is 0 Å². The van der Waals surface area contributed by atoms with Crippen molar-refractivity contribution in [2.24, 2.45) is 0 Å². The van der Waals surface area contributed by atoms with Gasteiger partial charge in [0, 0.05) is 0 Å². The largest absolute Gasteiger partial charge is 0.466 e. The van der Waals surface area contributed by atoms with Crippen LogP contribution >= 0.6 is 7.82 Å². The Balaban J connectivity index is 0. The number of aliphatic hydroxyl groups is 4. The number of phosphoric acid groups is 1. The molecule has 8 nitrogen and oxygen atoms in total. The van der Waals surface area contributed by atoms with Crippen LogP contribution < -0.4 is 0 Å². The molecule has 0 aliphatic carbocycles. The highest BCUT2D eigenvalue weighted by molar-refractivity contribution is 7.45. The smallest absolute Gasteiger partial charge is 0.382 e. The average molecular weight is 234 g/mol. The van der Waals surface area contributed by atoms with Gasteiger partial charge in [0.2, 0.25) is 0 Å².